The van der Waals surface area contributed by atoms with Crippen LogP contribution >= 0.6 is 0 Å². The lowest BCUT2D eigenvalue weighted by atomic mass is 9.97. The summed E-state index contributed by atoms with van der Waals surface area (Å²) in [6.45, 7) is 1.73. The van der Waals surface area contributed by atoms with Gasteiger partial charge in [-0.05, 0) is 42.3 Å². The third-order valence-electron chi connectivity index (χ3n) is 3.11. The molecule has 0 unspecified atom stereocenters. The Morgan fingerprint density at radius 3 is 2.52 bits per heavy atom. The maximum absolute atomic E-state index is 13.4. The molecule has 0 saturated heterocycles. The predicted octanol–water partition coefficient (Wildman–Crippen LogP) is 3.50. The number of halogens is 1. The van der Waals surface area contributed by atoms with E-state index in [9.17, 15) is 19.3 Å². The van der Waals surface area contributed by atoms with E-state index in [1.54, 1.807) is 13.0 Å². The Morgan fingerprint density at radius 2 is 1.90 bits per heavy atom. The second-order valence-electron chi connectivity index (χ2n) is 4.44. The molecule has 0 aliphatic carbocycles. The van der Waals surface area contributed by atoms with E-state index in [1.807, 2.05) is 0 Å². The Balaban J connectivity index is 2.66. The summed E-state index contributed by atoms with van der Waals surface area (Å²) < 4.78 is 17.9. The third kappa shape index (κ3) is 2.89. The van der Waals surface area contributed by atoms with Crippen LogP contribution in [-0.4, -0.2) is 18.0 Å². The predicted molar refractivity (Wildman–Crippen MR) is 74.6 cm³/mol. The van der Waals surface area contributed by atoms with Crippen LogP contribution in [0, 0.1) is 22.9 Å². The molecule has 0 amide bonds. The van der Waals surface area contributed by atoms with Crippen molar-refractivity contribution >= 4 is 11.7 Å². The maximum atomic E-state index is 13.4. The summed E-state index contributed by atoms with van der Waals surface area (Å²) in [5.41, 5.74) is 1.17. The zero-order valence-corrected chi connectivity index (χ0v) is 11.4. The summed E-state index contributed by atoms with van der Waals surface area (Å²) in [5, 5.41) is 11.2. The molecular weight excluding hydrogens is 277 g/mol. The van der Waals surface area contributed by atoms with Gasteiger partial charge in [-0.15, -0.1) is 0 Å². The fourth-order valence-electron chi connectivity index (χ4n) is 2.04. The highest BCUT2D eigenvalue weighted by Crippen LogP contribution is 2.33. The van der Waals surface area contributed by atoms with Crippen molar-refractivity contribution in [3.8, 4) is 11.1 Å². The van der Waals surface area contributed by atoms with Gasteiger partial charge in [0.05, 0.1) is 23.2 Å². The van der Waals surface area contributed by atoms with Gasteiger partial charge >= 0.3 is 5.97 Å². The van der Waals surface area contributed by atoms with Gasteiger partial charge < -0.3 is 4.74 Å². The van der Waals surface area contributed by atoms with Crippen molar-refractivity contribution in [2.24, 2.45) is 0 Å². The fraction of sp³-hybridized carbons (Fsp3) is 0.133. The molecule has 0 fully saturated rings. The molecule has 0 saturated carbocycles. The van der Waals surface area contributed by atoms with E-state index in [0.29, 0.717) is 11.1 Å². The third-order valence-corrected chi connectivity index (χ3v) is 3.11. The number of methoxy groups -OCH3 is 1. The van der Waals surface area contributed by atoms with Gasteiger partial charge in [-0.2, -0.15) is 0 Å². The molecule has 0 aromatic heterocycles. The van der Waals surface area contributed by atoms with Crippen molar-refractivity contribution in [1.29, 1.82) is 0 Å². The van der Waals surface area contributed by atoms with Crippen molar-refractivity contribution in [2.45, 2.75) is 6.92 Å². The van der Waals surface area contributed by atoms with Crippen LogP contribution in [0.5, 0.6) is 0 Å². The van der Waals surface area contributed by atoms with Gasteiger partial charge in [0, 0.05) is 6.07 Å². The molecule has 0 aliphatic heterocycles. The average Bonchev–Trinajstić information content (AvgIpc) is 2.48. The summed E-state index contributed by atoms with van der Waals surface area (Å²) in [5.74, 6) is -1.15. The Kier molecular flexibility index (Phi) is 3.98. The van der Waals surface area contributed by atoms with Crippen molar-refractivity contribution in [3.63, 3.8) is 0 Å². The topological polar surface area (TPSA) is 69.4 Å². The number of esters is 1. The SMILES string of the molecule is COC(=O)c1ccc(-c2cc(F)ccc2C)c([N+](=O)[O-])c1. The lowest BCUT2D eigenvalue weighted by molar-refractivity contribution is -0.384. The molecule has 2 aromatic carbocycles. The van der Waals surface area contributed by atoms with Gasteiger partial charge in [-0.25, -0.2) is 9.18 Å². The molecule has 108 valence electrons. The Bertz CT molecular complexity index is 728. The van der Waals surface area contributed by atoms with Crippen LogP contribution in [0.2, 0.25) is 0 Å². The number of nitro groups is 1. The molecule has 2 rings (SSSR count). The van der Waals surface area contributed by atoms with Crippen LogP contribution in [0.15, 0.2) is 36.4 Å². The molecule has 0 bridgehead atoms. The van der Waals surface area contributed by atoms with Gasteiger partial charge in [0.1, 0.15) is 5.82 Å². The quantitative estimate of drug-likeness (QED) is 0.492. The number of nitrogens with zero attached hydrogens (tertiary/aromatic N) is 1. The number of nitro benzene ring substituents is 1. The minimum absolute atomic E-state index is 0.0713. The smallest absolute Gasteiger partial charge is 0.338 e. The van der Waals surface area contributed by atoms with E-state index in [4.69, 9.17) is 0 Å². The molecule has 0 atom stereocenters. The second-order valence-corrected chi connectivity index (χ2v) is 4.44. The van der Waals surface area contributed by atoms with Crippen molar-refractivity contribution < 1.29 is 18.8 Å². The lowest BCUT2D eigenvalue weighted by Crippen LogP contribution is -2.03. The van der Waals surface area contributed by atoms with Gasteiger partial charge in [-0.1, -0.05) is 6.07 Å². The molecule has 6 heteroatoms. The van der Waals surface area contributed by atoms with Crippen molar-refractivity contribution in [3.05, 3.63) is 63.5 Å². The van der Waals surface area contributed by atoms with Crippen molar-refractivity contribution in [2.75, 3.05) is 7.11 Å². The first-order valence-corrected chi connectivity index (χ1v) is 6.07. The Labute approximate surface area is 120 Å². The number of carbonyl (C=O) groups is 1. The first kappa shape index (κ1) is 14.6. The highest BCUT2D eigenvalue weighted by atomic mass is 19.1. The van der Waals surface area contributed by atoms with Crippen LogP contribution in [0.1, 0.15) is 15.9 Å². The van der Waals surface area contributed by atoms with E-state index in [-0.39, 0.29) is 16.8 Å². The summed E-state index contributed by atoms with van der Waals surface area (Å²) >= 11 is 0. The summed E-state index contributed by atoms with van der Waals surface area (Å²) in [6.07, 6.45) is 0. The van der Waals surface area contributed by atoms with Gasteiger partial charge in [0.15, 0.2) is 0 Å². The molecule has 2 aromatic rings. The maximum Gasteiger partial charge on any atom is 0.338 e. The van der Waals surface area contributed by atoms with E-state index in [0.717, 1.165) is 6.07 Å². The van der Waals surface area contributed by atoms with E-state index in [2.05, 4.69) is 4.74 Å². The summed E-state index contributed by atoms with van der Waals surface area (Å²) in [4.78, 5) is 22.1. The molecule has 0 spiro atoms. The lowest BCUT2D eigenvalue weighted by Gasteiger charge is -2.08. The van der Waals surface area contributed by atoms with Crippen LogP contribution < -0.4 is 0 Å². The Morgan fingerprint density at radius 1 is 1.19 bits per heavy atom. The summed E-state index contributed by atoms with van der Waals surface area (Å²) in [7, 11) is 1.19. The summed E-state index contributed by atoms with van der Waals surface area (Å²) in [6, 6.07) is 8.03. The minimum atomic E-state index is -0.666. The minimum Gasteiger partial charge on any atom is -0.465 e. The second kappa shape index (κ2) is 5.70. The first-order chi connectivity index (χ1) is 9.93. The van der Waals surface area contributed by atoms with Gasteiger partial charge in [0.25, 0.3) is 5.69 Å². The van der Waals surface area contributed by atoms with Gasteiger partial charge in [0.2, 0.25) is 0 Å². The van der Waals surface area contributed by atoms with E-state index in [1.165, 1.54) is 31.4 Å². The molecule has 21 heavy (non-hydrogen) atoms. The number of benzene rings is 2. The highest BCUT2D eigenvalue weighted by Gasteiger charge is 2.20. The van der Waals surface area contributed by atoms with Crippen LogP contribution in [-0.2, 0) is 4.74 Å². The number of ether oxygens (including phenoxy) is 1. The van der Waals surface area contributed by atoms with E-state index >= 15 is 0 Å². The molecular formula is C15H12FNO4. The first-order valence-electron chi connectivity index (χ1n) is 6.07. The molecule has 0 radical (unpaired) electrons. The van der Waals surface area contributed by atoms with E-state index < -0.39 is 16.7 Å². The zero-order chi connectivity index (χ0) is 15.6. The fourth-order valence-corrected chi connectivity index (χ4v) is 2.04. The number of hydrogen-bond acceptors (Lipinski definition) is 4. The zero-order valence-electron chi connectivity index (χ0n) is 11.4. The molecule has 5 nitrogen and oxygen atoms in total. The normalized spacial score (nSPS) is 10.2. The largest absolute Gasteiger partial charge is 0.465 e. The number of carbonyl (C=O) groups excluding carboxylic acids is 1. The Hall–Kier alpha value is -2.76. The monoisotopic (exact) mass is 289 g/mol. The molecule has 0 heterocycles. The average molecular weight is 289 g/mol. The van der Waals surface area contributed by atoms with Crippen molar-refractivity contribution in [1.82, 2.24) is 0 Å². The number of rotatable bonds is 3. The van der Waals surface area contributed by atoms with Crippen LogP contribution in [0.25, 0.3) is 11.1 Å². The molecule has 0 aliphatic rings. The van der Waals surface area contributed by atoms with Crippen LogP contribution in [0.3, 0.4) is 0 Å². The standard InChI is InChI=1S/C15H12FNO4/c1-9-3-5-11(16)8-13(9)12-6-4-10(15(18)21-2)7-14(12)17(19)20/h3-8H,1-2H3. The van der Waals surface area contributed by atoms with Gasteiger partial charge in [-0.3, -0.25) is 10.1 Å². The molecule has 0 N–H and O–H groups in total. The number of hydrogen-bond donors (Lipinski definition) is 0. The van der Waals surface area contributed by atoms with Crippen LogP contribution in [0.4, 0.5) is 10.1 Å². The highest BCUT2D eigenvalue weighted by molar-refractivity contribution is 5.92. The number of aryl methyl sites for hydroxylation is 1.